The maximum absolute atomic E-state index is 12.4. The first kappa shape index (κ1) is 38.6. The molecule has 0 atom stereocenters. The maximum Gasteiger partial charge on any atom is 1.00 e. The molecular weight excluding hydrogens is 535 g/mol. The van der Waals surface area contributed by atoms with Gasteiger partial charge in [0.25, 0.3) is 0 Å². The molecule has 0 aliphatic carbocycles. The fourth-order valence-electron chi connectivity index (χ4n) is 6.15. The zero-order valence-corrected chi connectivity index (χ0v) is 29.8. The summed E-state index contributed by atoms with van der Waals surface area (Å²) < 4.78 is 37.1. The minimum absolute atomic E-state index is 0. The standard InChI is InChI=1S/C36H60O3S.Na/c1-3-5-7-9-11-13-15-17-19-21-23-29-34-33-28-26-25-27-32(33)31-36(40(37,38)39)35(34)30-24-22-20-18-16-14-12-10-8-6-4-2;/h25-28,31H,3-24,29-30H2,1-2H3,(H,37,38,39);/q;+1/p-1. The number of hydrogen-bond donors (Lipinski definition) is 0. The first-order chi connectivity index (χ1) is 19.5. The number of fused-ring (bicyclic) bond motifs is 1. The third kappa shape index (κ3) is 16.3. The third-order valence-corrected chi connectivity index (χ3v) is 9.47. The van der Waals surface area contributed by atoms with Crippen LogP contribution in [0.15, 0.2) is 35.2 Å². The minimum Gasteiger partial charge on any atom is -0.744 e. The zero-order valence-electron chi connectivity index (χ0n) is 27.0. The molecule has 0 aliphatic rings. The van der Waals surface area contributed by atoms with Crippen LogP contribution in [0.4, 0.5) is 0 Å². The molecule has 41 heavy (non-hydrogen) atoms. The van der Waals surface area contributed by atoms with Crippen molar-refractivity contribution in [2.75, 3.05) is 0 Å². The number of rotatable bonds is 25. The summed E-state index contributed by atoms with van der Waals surface area (Å²) in [5.41, 5.74) is 1.91. The largest absolute Gasteiger partial charge is 1.00 e. The van der Waals surface area contributed by atoms with Crippen LogP contribution in [0.3, 0.4) is 0 Å². The average Bonchev–Trinajstić information content (AvgIpc) is 2.94. The maximum atomic E-state index is 12.4. The van der Waals surface area contributed by atoms with Crippen molar-refractivity contribution in [2.45, 2.75) is 173 Å². The molecule has 5 heteroatoms. The summed E-state index contributed by atoms with van der Waals surface area (Å²) in [4.78, 5) is 0.0244. The van der Waals surface area contributed by atoms with Crippen molar-refractivity contribution in [3.63, 3.8) is 0 Å². The van der Waals surface area contributed by atoms with Gasteiger partial charge in [0.05, 0.1) is 4.90 Å². The van der Waals surface area contributed by atoms with Crippen molar-refractivity contribution in [1.29, 1.82) is 0 Å². The van der Waals surface area contributed by atoms with E-state index in [9.17, 15) is 13.0 Å². The van der Waals surface area contributed by atoms with Crippen LogP contribution in [0.1, 0.15) is 166 Å². The Bertz CT molecular complexity index is 1030. The summed E-state index contributed by atoms with van der Waals surface area (Å²) in [5, 5.41) is 2.00. The van der Waals surface area contributed by atoms with E-state index in [1.807, 2.05) is 18.2 Å². The molecule has 0 spiro atoms. The Labute approximate surface area is 276 Å². The predicted octanol–water partition coefficient (Wildman–Crippen LogP) is 8.45. The third-order valence-electron chi connectivity index (χ3n) is 8.56. The molecule has 0 heterocycles. The Morgan fingerprint density at radius 1 is 0.537 bits per heavy atom. The van der Waals surface area contributed by atoms with E-state index in [0.717, 1.165) is 54.0 Å². The molecule has 2 rings (SSSR count). The van der Waals surface area contributed by atoms with Gasteiger partial charge in [-0.2, -0.15) is 0 Å². The SMILES string of the molecule is CCCCCCCCCCCCCc1c(S(=O)(=O)[O-])cc2ccccc2c1CCCCCCCCCCCCC.[Na+]. The Kier molecular flexibility index (Phi) is 22.6. The van der Waals surface area contributed by atoms with Gasteiger partial charge in [-0.25, -0.2) is 8.42 Å². The Balaban J connectivity index is 0.00000840. The number of benzene rings is 2. The Morgan fingerprint density at radius 3 is 1.32 bits per heavy atom. The topological polar surface area (TPSA) is 57.2 Å². The minimum atomic E-state index is -4.52. The summed E-state index contributed by atoms with van der Waals surface area (Å²) in [6.07, 6.45) is 29.6. The van der Waals surface area contributed by atoms with Crippen LogP contribution in [0.2, 0.25) is 0 Å². The number of hydrogen-bond acceptors (Lipinski definition) is 3. The van der Waals surface area contributed by atoms with E-state index in [1.165, 1.54) is 116 Å². The first-order valence-corrected chi connectivity index (χ1v) is 18.4. The molecule has 0 bridgehead atoms. The summed E-state index contributed by atoms with van der Waals surface area (Å²) in [6, 6.07) is 9.65. The second-order valence-corrected chi connectivity index (χ2v) is 13.4. The van der Waals surface area contributed by atoms with Crippen molar-refractivity contribution in [3.8, 4) is 0 Å². The summed E-state index contributed by atoms with van der Waals surface area (Å²) in [5.74, 6) is 0. The van der Waals surface area contributed by atoms with Gasteiger partial charge in [-0.15, -0.1) is 0 Å². The van der Waals surface area contributed by atoms with E-state index in [-0.39, 0.29) is 34.5 Å². The van der Waals surface area contributed by atoms with Crippen molar-refractivity contribution >= 4 is 20.9 Å². The fraction of sp³-hybridized carbons (Fsp3) is 0.722. The van der Waals surface area contributed by atoms with Gasteiger partial charge in [-0.3, -0.25) is 0 Å². The molecule has 0 fully saturated rings. The van der Waals surface area contributed by atoms with Crippen LogP contribution in [-0.2, 0) is 23.0 Å². The molecule has 0 amide bonds. The molecule has 228 valence electrons. The number of unbranched alkanes of at least 4 members (excludes halogenated alkanes) is 20. The Hall–Kier alpha value is -0.390. The Morgan fingerprint density at radius 2 is 0.902 bits per heavy atom. The predicted molar refractivity (Wildman–Crippen MR) is 172 cm³/mol. The molecule has 3 nitrogen and oxygen atoms in total. The van der Waals surface area contributed by atoms with Gasteiger partial charge in [0.15, 0.2) is 0 Å². The fourth-order valence-corrected chi connectivity index (χ4v) is 6.95. The second-order valence-electron chi connectivity index (χ2n) is 12.1. The summed E-state index contributed by atoms with van der Waals surface area (Å²) in [6.45, 7) is 4.52. The summed E-state index contributed by atoms with van der Waals surface area (Å²) >= 11 is 0. The van der Waals surface area contributed by atoms with E-state index < -0.39 is 10.1 Å². The van der Waals surface area contributed by atoms with E-state index in [2.05, 4.69) is 19.9 Å². The van der Waals surface area contributed by atoms with E-state index in [4.69, 9.17) is 0 Å². The molecule has 0 N–H and O–H groups in total. The van der Waals surface area contributed by atoms with Crippen molar-refractivity contribution in [2.24, 2.45) is 0 Å². The van der Waals surface area contributed by atoms with Gasteiger partial charge in [0.1, 0.15) is 10.1 Å². The molecule has 2 aromatic carbocycles. The first-order valence-electron chi connectivity index (χ1n) is 17.0. The monoisotopic (exact) mass is 594 g/mol. The van der Waals surface area contributed by atoms with Gasteiger partial charge in [-0.1, -0.05) is 167 Å². The molecule has 0 saturated carbocycles. The van der Waals surface area contributed by atoms with Gasteiger partial charge in [-0.05, 0) is 53.6 Å². The van der Waals surface area contributed by atoms with Crippen LogP contribution >= 0.6 is 0 Å². The smallest absolute Gasteiger partial charge is 0.744 e. The van der Waals surface area contributed by atoms with Gasteiger partial charge >= 0.3 is 29.6 Å². The summed E-state index contributed by atoms with van der Waals surface area (Å²) in [7, 11) is -4.52. The molecule has 0 unspecified atom stereocenters. The van der Waals surface area contributed by atoms with Gasteiger partial charge in [0.2, 0.25) is 0 Å². The van der Waals surface area contributed by atoms with Crippen molar-refractivity contribution < 1.29 is 42.5 Å². The number of aryl methyl sites for hydroxylation is 1. The van der Waals surface area contributed by atoms with Crippen LogP contribution < -0.4 is 29.6 Å². The van der Waals surface area contributed by atoms with Crippen molar-refractivity contribution in [1.82, 2.24) is 0 Å². The van der Waals surface area contributed by atoms with E-state index >= 15 is 0 Å². The molecular formula is C36H59NaO3S. The molecule has 0 radical (unpaired) electrons. The molecule has 0 aliphatic heterocycles. The molecule has 0 aromatic heterocycles. The van der Waals surface area contributed by atoms with Gasteiger partial charge < -0.3 is 4.55 Å². The molecule has 2 aromatic rings. The van der Waals surface area contributed by atoms with Crippen molar-refractivity contribution in [3.05, 3.63) is 41.5 Å². The zero-order chi connectivity index (χ0) is 28.9. The van der Waals surface area contributed by atoms with Crippen LogP contribution in [0, 0.1) is 0 Å². The van der Waals surface area contributed by atoms with E-state index in [1.54, 1.807) is 6.07 Å². The average molecular weight is 595 g/mol. The van der Waals surface area contributed by atoms with Gasteiger partial charge in [0, 0.05) is 0 Å². The quantitative estimate of drug-likeness (QED) is 0.0658. The van der Waals surface area contributed by atoms with E-state index in [0.29, 0.717) is 6.42 Å². The molecule has 0 saturated heterocycles. The van der Waals surface area contributed by atoms with Crippen LogP contribution in [-0.4, -0.2) is 13.0 Å². The van der Waals surface area contributed by atoms with Crippen LogP contribution in [0.25, 0.3) is 10.8 Å². The second kappa shape index (κ2) is 24.0. The van der Waals surface area contributed by atoms with Crippen LogP contribution in [0.5, 0.6) is 0 Å². The normalized spacial score (nSPS) is 11.7.